The molecule has 0 aliphatic carbocycles. The number of hydrogen-bond acceptors (Lipinski definition) is 8. The Hall–Kier alpha value is -4.17. The lowest BCUT2D eigenvalue weighted by molar-refractivity contribution is -0.187. The van der Waals surface area contributed by atoms with Gasteiger partial charge in [0.15, 0.2) is 5.41 Å². The molecule has 8 nitrogen and oxygen atoms in total. The number of carbonyl (C=O) groups is 2. The molecule has 0 radical (unpaired) electrons. The fourth-order valence-corrected chi connectivity index (χ4v) is 5.03. The highest BCUT2D eigenvalue weighted by atomic mass is 16.6. The van der Waals surface area contributed by atoms with E-state index in [2.05, 4.69) is 17.2 Å². The highest BCUT2D eigenvalue weighted by Gasteiger charge is 2.69. The second-order valence-electron chi connectivity index (χ2n) is 8.19. The topological polar surface area (TPSA) is 116 Å². The van der Waals surface area contributed by atoms with E-state index in [9.17, 15) is 20.1 Å². The Morgan fingerprint density at radius 3 is 2.18 bits per heavy atom. The van der Waals surface area contributed by atoms with Crippen LogP contribution in [0.5, 0.6) is 0 Å². The largest absolute Gasteiger partial charge is 0.465 e. The summed E-state index contributed by atoms with van der Waals surface area (Å²) in [5.74, 6) is -2.38. The monoisotopic (exact) mass is 456 g/mol. The number of nitriles is 2. The zero-order chi connectivity index (χ0) is 24.3. The van der Waals surface area contributed by atoms with Gasteiger partial charge in [0.2, 0.25) is 5.54 Å². The molecule has 0 amide bonds. The molecule has 2 aliphatic rings. The highest BCUT2D eigenvalue weighted by molar-refractivity contribution is 6.02. The predicted octanol–water partition coefficient (Wildman–Crippen LogP) is 3.46. The molecule has 0 spiro atoms. The number of piperidine rings is 1. The maximum atomic E-state index is 13.7. The van der Waals surface area contributed by atoms with Crippen LogP contribution in [-0.2, 0) is 19.1 Å². The lowest BCUT2D eigenvalue weighted by atomic mass is 9.59. The van der Waals surface area contributed by atoms with Gasteiger partial charge in [-0.3, -0.25) is 14.6 Å². The molecule has 1 saturated heterocycles. The Bertz CT molecular complexity index is 1180. The molecule has 2 aliphatic heterocycles. The lowest BCUT2D eigenvalue weighted by Gasteiger charge is -2.54. The molecule has 2 aromatic rings. The van der Waals surface area contributed by atoms with Crippen molar-refractivity contribution in [1.29, 1.82) is 10.5 Å². The van der Waals surface area contributed by atoms with E-state index in [0.29, 0.717) is 16.7 Å². The van der Waals surface area contributed by atoms with Crippen molar-refractivity contribution in [3.8, 4) is 12.1 Å². The number of fused-ring (bicyclic) bond motifs is 3. The number of hydrazone groups is 1. The van der Waals surface area contributed by atoms with Crippen LogP contribution in [0.3, 0.4) is 0 Å². The van der Waals surface area contributed by atoms with Crippen LogP contribution < -0.4 is 0 Å². The third-order valence-corrected chi connectivity index (χ3v) is 6.54. The molecule has 4 rings (SSSR count). The molecule has 0 N–H and O–H groups in total. The van der Waals surface area contributed by atoms with E-state index in [1.165, 1.54) is 5.01 Å². The van der Waals surface area contributed by atoms with Crippen molar-refractivity contribution in [3.05, 3.63) is 71.3 Å². The number of esters is 2. The third-order valence-electron chi connectivity index (χ3n) is 6.54. The molecule has 0 bridgehead atoms. The lowest BCUT2D eigenvalue weighted by Crippen LogP contribution is -2.65. The molecule has 8 heteroatoms. The Morgan fingerprint density at radius 2 is 1.59 bits per heavy atom. The minimum Gasteiger partial charge on any atom is -0.465 e. The van der Waals surface area contributed by atoms with Crippen molar-refractivity contribution in [2.24, 2.45) is 10.5 Å². The van der Waals surface area contributed by atoms with Crippen molar-refractivity contribution in [3.63, 3.8) is 0 Å². The van der Waals surface area contributed by atoms with E-state index in [1.807, 2.05) is 12.1 Å². The van der Waals surface area contributed by atoms with Crippen LogP contribution in [0, 0.1) is 28.1 Å². The summed E-state index contributed by atoms with van der Waals surface area (Å²) >= 11 is 0. The first-order chi connectivity index (χ1) is 16.5. The fourth-order valence-electron chi connectivity index (χ4n) is 5.03. The fraction of sp³-hybridized carbons (Fsp3) is 0.346. The van der Waals surface area contributed by atoms with Crippen molar-refractivity contribution in [2.45, 2.75) is 37.8 Å². The highest BCUT2D eigenvalue weighted by Crippen LogP contribution is 2.59. The van der Waals surface area contributed by atoms with E-state index in [4.69, 9.17) is 9.47 Å². The number of rotatable bonds is 5. The maximum absolute atomic E-state index is 13.7. The molecular weight excluding hydrogens is 432 g/mol. The van der Waals surface area contributed by atoms with Gasteiger partial charge in [-0.1, -0.05) is 54.6 Å². The quantitative estimate of drug-likeness (QED) is 0.500. The average Bonchev–Trinajstić information content (AvgIpc) is 2.88. The number of benzene rings is 2. The van der Waals surface area contributed by atoms with E-state index < -0.39 is 34.9 Å². The number of ether oxygens (including phenoxy) is 2. The van der Waals surface area contributed by atoms with Crippen molar-refractivity contribution < 1.29 is 19.1 Å². The van der Waals surface area contributed by atoms with E-state index in [1.54, 1.807) is 62.5 Å². The van der Waals surface area contributed by atoms with Gasteiger partial charge in [-0.15, -0.1) is 0 Å². The number of hydrogen-bond donors (Lipinski definition) is 0. The second-order valence-corrected chi connectivity index (χ2v) is 8.19. The second kappa shape index (κ2) is 8.99. The van der Waals surface area contributed by atoms with Gasteiger partial charge in [0, 0.05) is 5.92 Å². The standard InChI is InChI=1S/C26H24N4O4/c1-3-33-23(31)26(24(32)34-4-2)14-21(18-10-6-5-7-11-18)25(16-27,17-28)30-22(26)20-13-9-8-12-19(20)15-29-30/h5-13,15,21-22H,3-4,14H2,1-2H3/t21-,22+/m1/s1. The summed E-state index contributed by atoms with van der Waals surface area (Å²) in [6.45, 7) is 3.42. The maximum Gasteiger partial charge on any atom is 0.326 e. The van der Waals surface area contributed by atoms with E-state index in [-0.39, 0.29) is 19.6 Å². The van der Waals surface area contributed by atoms with Crippen molar-refractivity contribution in [2.75, 3.05) is 13.2 Å². The summed E-state index contributed by atoms with van der Waals surface area (Å²) in [6.07, 6.45) is 1.39. The van der Waals surface area contributed by atoms with Gasteiger partial charge in [0.1, 0.15) is 18.2 Å². The molecule has 0 aromatic heterocycles. The number of nitrogens with zero attached hydrogens (tertiary/aromatic N) is 4. The third kappa shape index (κ3) is 3.22. The first-order valence-corrected chi connectivity index (χ1v) is 11.1. The van der Waals surface area contributed by atoms with E-state index >= 15 is 0 Å². The van der Waals surface area contributed by atoms with Gasteiger partial charge in [-0.05, 0) is 37.0 Å². The van der Waals surface area contributed by atoms with Crippen LogP contribution >= 0.6 is 0 Å². The summed E-state index contributed by atoms with van der Waals surface area (Å²) in [5, 5.41) is 26.6. The Labute approximate surface area is 198 Å². The van der Waals surface area contributed by atoms with E-state index in [0.717, 1.165) is 0 Å². The Balaban J connectivity index is 2.06. The molecule has 2 atom stereocenters. The van der Waals surface area contributed by atoms with Gasteiger partial charge >= 0.3 is 11.9 Å². The normalized spacial score (nSPS) is 21.2. The molecule has 2 heterocycles. The van der Waals surface area contributed by atoms with Gasteiger partial charge < -0.3 is 9.47 Å². The van der Waals surface area contributed by atoms with Crippen molar-refractivity contribution >= 4 is 18.2 Å². The minimum absolute atomic E-state index is 0.0509. The summed E-state index contributed by atoms with van der Waals surface area (Å²) in [5.41, 5.74) is -1.71. The van der Waals surface area contributed by atoms with Crippen LogP contribution in [0.25, 0.3) is 0 Å². The molecular formula is C26H24N4O4. The molecule has 0 saturated carbocycles. The Morgan fingerprint density at radius 1 is 1.00 bits per heavy atom. The molecule has 1 fully saturated rings. The van der Waals surface area contributed by atoms with Gasteiger partial charge in [0.05, 0.1) is 19.4 Å². The predicted molar refractivity (Wildman–Crippen MR) is 122 cm³/mol. The summed E-state index contributed by atoms with van der Waals surface area (Å²) in [4.78, 5) is 27.4. The van der Waals surface area contributed by atoms with Crippen LogP contribution in [0.2, 0.25) is 0 Å². The van der Waals surface area contributed by atoms with Crippen LogP contribution in [0.15, 0.2) is 59.7 Å². The summed E-state index contributed by atoms with van der Waals surface area (Å²) in [6, 6.07) is 19.4. The van der Waals surface area contributed by atoms with Crippen molar-refractivity contribution in [1.82, 2.24) is 5.01 Å². The summed E-state index contributed by atoms with van der Waals surface area (Å²) < 4.78 is 10.9. The number of carbonyl (C=O) groups excluding carboxylic acids is 2. The van der Waals surface area contributed by atoms with Gasteiger partial charge in [-0.25, -0.2) is 0 Å². The minimum atomic E-state index is -1.85. The summed E-state index contributed by atoms with van der Waals surface area (Å²) in [7, 11) is 0. The molecule has 0 unspecified atom stereocenters. The molecule has 2 aromatic carbocycles. The first-order valence-electron chi connectivity index (χ1n) is 11.1. The zero-order valence-corrected chi connectivity index (χ0v) is 19.0. The van der Waals surface area contributed by atoms with Crippen LogP contribution in [0.4, 0.5) is 0 Å². The first kappa shape index (κ1) is 23.0. The Kier molecular flexibility index (Phi) is 6.08. The van der Waals surface area contributed by atoms with Gasteiger partial charge in [-0.2, -0.15) is 15.6 Å². The molecule has 172 valence electrons. The zero-order valence-electron chi connectivity index (χ0n) is 19.0. The van der Waals surface area contributed by atoms with Crippen LogP contribution in [0.1, 0.15) is 48.9 Å². The average molecular weight is 457 g/mol. The SMILES string of the molecule is CCOC(=O)C1(C(=O)OCC)C[C@H](c2ccccc2)C(C#N)(C#N)N2N=Cc3ccccc3[C@H]21. The molecule has 34 heavy (non-hydrogen) atoms. The smallest absolute Gasteiger partial charge is 0.326 e. The van der Waals surface area contributed by atoms with Crippen LogP contribution in [-0.4, -0.2) is 41.9 Å². The van der Waals surface area contributed by atoms with Gasteiger partial charge in [0.25, 0.3) is 0 Å².